The molecule has 0 aliphatic carbocycles. The lowest BCUT2D eigenvalue weighted by Gasteiger charge is -2.27. The summed E-state index contributed by atoms with van der Waals surface area (Å²) in [5.74, 6) is 0.770. The molecule has 7 nitrogen and oxygen atoms in total. The average Bonchev–Trinajstić information content (AvgIpc) is 3.16. The van der Waals surface area contributed by atoms with Crippen LogP contribution in [0, 0.1) is 6.92 Å². The molecule has 1 aromatic carbocycles. The van der Waals surface area contributed by atoms with Crippen molar-refractivity contribution in [2.45, 2.75) is 33.1 Å². The summed E-state index contributed by atoms with van der Waals surface area (Å²) in [6.07, 6.45) is 1.71. The summed E-state index contributed by atoms with van der Waals surface area (Å²) in [6.45, 7) is 11.4. The number of hydrogen-bond donors (Lipinski definition) is 1. The van der Waals surface area contributed by atoms with Gasteiger partial charge in [-0.15, -0.1) is 11.3 Å². The van der Waals surface area contributed by atoms with Gasteiger partial charge in [-0.2, -0.15) is 4.99 Å². The van der Waals surface area contributed by atoms with Crippen LogP contribution >= 0.6 is 11.3 Å². The number of morpholine rings is 1. The van der Waals surface area contributed by atoms with E-state index >= 15 is 0 Å². The van der Waals surface area contributed by atoms with Crippen LogP contribution in [0.25, 0.3) is 21.1 Å². The van der Waals surface area contributed by atoms with Crippen molar-refractivity contribution in [2.75, 3.05) is 26.3 Å². The molecule has 1 fully saturated rings. The van der Waals surface area contributed by atoms with Crippen molar-refractivity contribution in [3.63, 3.8) is 0 Å². The monoisotopic (exact) mass is 436 g/mol. The third-order valence-corrected chi connectivity index (χ3v) is 6.45. The Balaban J connectivity index is 1.59. The summed E-state index contributed by atoms with van der Waals surface area (Å²) in [4.78, 5) is 21.1. The molecule has 3 heterocycles. The van der Waals surface area contributed by atoms with E-state index in [-0.39, 0.29) is 5.41 Å². The van der Waals surface area contributed by atoms with Gasteiger partial charge in [0.2, 0.25) is 0 Å². The van der Waals surface area contributed by atoms with Crippen LogP contribution in [0.2, 0.25) is 0 Å². The summed E-state index contributed by atoms with van der Waals surface area (Å²) < 4.78 is 5.36. The first kappa shape index (κ1) is 21.4. The van der Waals surface area contributed by atoms with E-state index in [1.165, 1.54) is 5.56 Å². The van der Waals surface area contributed by atoms with Gasteiger partial charge in [-0.1, -0.05) is 45.0 Å². The largest absolute Gasteiger partial charge is 0.378 e. The van der Waals surface area contributed by atoms with E-state index in [1.54, 1.807) is 17.5 Å². The second-order valence-electron chi connectivity index (χ2n) is 8.57. The van der Waals surface area contributed by atoms with Crippen LogP contribution in [0.1, 0.15) is 32.0 Å². The summed E-state index contributed by atoms with van der Waals surface area (Å²) in [5, 5.41) is 0.976. The van der Waals surface area contributed by atoms with Gasteiger partial charge < -0.3 is 15.4 Å². The molecule has 0 radical (unpaired) electrons. The van der Waals surface area contributed by atoms with Crippen LogP contribution in [0.5, 0.6) is 0 Å². The number of hydrogen-bond acceptors (Lipinski definition) is 6. The normalized spacial score (nSPS) is 15.4. The van der Waals surface area contributed by atoms with E-state index in [0.29, 0.717) is 25.1 Å². The van der Waals surface area contributed by atoms with Gasteiger partial charge in [-0.25, -0.2) is 15.0 Å². The molecular weight excluding hydrogens is 408 g/mol. The Bertz CT molecular complexity index is 1080. The van der Waals surface area contributed by atoms with Gasteiger partial charge in [0.25, 0.3) is 5.95 Å². The lowest BCUT2D eigenvalue weighted by Crippen LogP contribution is -2.44. The van der Waals surface area contributed by atoms with Gasteiger partial charge in [0.1, 0.15) is 5.01 Å². The predicted octanol–water partition coefficient (Wildman–Crippen LogP) is 4.15. The summed E-state index contributed by atoms with van der Waals surface area (Å²) in [7, 11) is 0. The van der Waals surface area contributed by atoms with Gasteiger partial charge in [0, 0.05) is 24.8 Å². The average molecular weight is 437 g/mol. The smallest absolute Gasteiger partial charge is 0.253 e. The van der Waals surface area contributed by atoms with Crippen LogP contribution in [-0.4, -0.2) is 52.1 Å². The van der Waals surface area contributed by atoms with Gasteiger partial charge in [0.15, 0.2) is 5.96 Å². The molecule has 2 aromatic heterocycles. The highest BCUT2D eigenvalue weighted by molar-refractivity contribution is 7.18. The van der Waals surface area contributed by atoms with Crippen LogP contribution in [-0.2, 0) is 10.2 Å². The van der Waals surface area contributed by atoms with Gasteiger partial charge in [0.05, 0.1) is 29.5 Å². The number of guanidine groups is 1. The van der Waals surface area contributed by atoms with Crippen molar-refractivity contribution < 1.29 is 4.74 Å². The molecule has 0 unspecified atom stereocenters. The Morgan fingerprint density at radius 1 is 1.10 bits per heavy atom. The number of aromatic nitrogens is 3. The second-order valence-corrected chi connectivity index (χ2v) is 9.57. The molecular formula is C23H28N6OS. The maximum absolute atomic E-state index is 6.15. The zero-order valence-corrected chi connectivity index (χ0v) is 19.2. The molecule has 0 spiro atoms. The molecule has 3 aromatic rings. The zero-order valence-electron chi connectivity index (χ0n) is 18.4. The number of aliphatic imine (C=N–C) groups is 1. The molecule has 0 amide bonds. The number of ether oxygens (including phenoxy) is 1. The van der Waals surface area contributed by atoms with Crippen molar-refractivity contribution in [1.29, 1.82) is 0 Å². The molecule has 1 aliphatic heterocycles. The van der Waals surface area contributed by atoms with Gasteiger partial charge in [-0.05, 0) is 24.0 Å². The SMILES string of the molecule is Cc1nc(-c2ccc(C(C)(C)C)cc2)sc1-c1ccnc(/N=C(\N)N2CCOCC2)n1. The third kappa shape index (κ3) is 4.91. The fourth-order valence-electron chi connectivity index (χ4n) is 3.36. The molecule has 2 N–H and O–H groups in total. The first-order valence-corrected chi connectivity index (χ1v) is 11.2. The number of nitrogens with two attached hydrogens (primary N) is 1. The lowest BCUT2D eigenvalue weighted by molar-refractivity contribution is 0.0675. The van der Waals surface area contributed by atoms with Crippen molar-refractivity contribution in [3.05, 3.63) is 47.8 Å². The number of rotatable bonds is 3. The minimum absolute atomic E-state index is 0.128. The van der Waals surface area contributed by atoms with E-state index in [4.69, 9.17) is 15.5 Å². The Labute approximate surface area is 187 Å². The van der Waals surface area contributed by atoms with Gasteiger partial charge in [-0.3, -0.25) is 0 Å². The van der Waals surface area contributed by atoms with Crippen LogP contribution < -0.4 is 5.73 Å². The topological polar surface area (TPSA) is 89.5 Å². The molecule has 0 atom stereocenters. The van der Waals surface area contributed by atoms with E-state index in [9.17, 15) is 0 Å². The Hall–Kier alpha value is -2.84. The summed E-state index contributed by atoms with van der Waals surface area (Å²) in [5.41, 5.74) is 10.4. The van der Waals surface area contributed by atoms with Crippen molar-refractivity contribution in [1.82, 2.24) is 19.9 Å². The minimum Gasteiger partial charge on any atom is -0.378 e. The molecule has 0 bridgehead atoms. The quantitative estimate of drug-likeness (QED) is 0.490. The molecule has 1 aliphatic rings. The Morgan fingerprint density at radius 3 is 2.48 bits per heavy atom. The Kier molecular flexibility index (Phi) is 6.02. The van der Waals surface area contributed by atoms with E-state index in [2.05, 4.69) is 60.0 Å². The Morgan fingerprint density at radius 2 is 1.81 bits per heavy atom. The third-order valence-electron chi connectivity index (χ3n) is 5.22. The second kappa shape index (κ2) is 8.72. The molecule has 4 rings (SSSR count). The first-order chi connectivity index (χ1) is 14.8. The number of nitrogens with zero attached hydrogens (tertiary/aromatic N) is 5. The van der Waals surface area contributed by atoms with Gasteiger partial charge >= 0.3 is 0 Å². The molecule has 0 saturated carbocycles. The molecule has 162 valence electrons. The lowest BCUT2D eigenvalue weighted by atomic mass is 9.87. The molecule has 8 heteroatoms. The maximum Gasteiger partial charge on any atom is 0.253 e. The van der Waals surface area contributed by atoms with Crippen LogP contribution in [0.15, 0.2) is 41.5 Å². The summed E-state index contributed by atoms with van der Waals surface area (Å²) in [6, 6.07) is 10.5. The summed E-state index contributed by atoms with van der Waals surface area (Å²) >= 11 is 1.63. The molecule has 1 saturated heterocycles. The minimum atomic E-state index is 0.128. The highest BCUT2D eigenvalue weighted by Crippen LogP contribution is 2.35. The predicted molar refractivity (Wildman–Crippen MR) is 126 cm³/mol. The number of thiazole rings is 1. The first-order valence-electron chi connectivity index (χ1n) is 10.4. The van der Waals surface area contributed by atoms with Crippen molar-refractivity contribution in [2.24, 2.45) is 10.7 Å². The highest BCUT2D eigenvalue weighted by Gasteiger charge is 2.17. The van der Waals surface area contributed by atoms with Crippen molar-refractivity contribution >= 4 is 23.2 Å². The van der Waals surface area contributed by atoms with Crippen molar-refractivity contribution in [3.8, 4) is 21.1 Å². The number of benzene rings is 1. The number of aryl methyl sites for hydroxylation is 1. The molecule has 31 heavy (non-hydrogen) atoms. The van der Waals surface area contributed by atoms with E-state index in [1.807, 2.05) is 17.9 Å². The maximum atomic E-state index is 6.15. The highest BCUT2D eigenvalue weighted by atomic mass is 32.1. The van der Waals surface area contributed by atoms with Crippen LogP contribution in [0.3, 0.4) is 0 Å². The zero-order chi connectivity index (χ0) is 22.0. The van der Waals surface area contributed by atoms with E-state index in [0.717, 1.165) is 39.9 Å². The van der Waals surface area contributed by atoms with E-state index < -0.39 is 0 Å². The standard InChI is InChI=1S/C23H28N6OS/c1-15-19(31-20(26-15)16-5-7-17(8-6-16)23(2,3)4)18-9-10-25-22(27-18)28-21(24)29-11-13-30-14-12-29/h5-10H,11-14H2,1-4H3,(H2,24,25,27,28). The fourth-order valence-corrected chi connectivity index (χ4v) is 4.41. The fraction of sp³-hybridized carbons (Fsp3) is 0.391. The van der Waals surface area contributed by atoms with Crippen LogP contribution in [0.4, 0.5) is 5.95 Å².